The first-order chi connectivity index (χ1) is 11.1. The van der Waals surface area contributed by atoms with E-state index in [-0.39, 0.29) is 11.3 Å². The first-order valence-electron chi connectivity index (χ1n) is 7.71. The molecule has 0 bridgehead atoms. The second-order valence-corrected chi connectivity index (χ2v) is 8.46. The number of fused-ring (bicyclic) bond motifs is 1. The number of carbonyl (C=O) groups is 1. The van der Waals surface area contributed by atoms with Gasteiger partial charge < -0.3 is 10.2 Å². The summed E-state index contributed by atoms with van der Waals surface area (Å²) in [5.74, 6) is 1.11. The van der Waals surface area contributed by atoms with Gasteiger partial charge in [-0.2, -0.15) is 5.10 Å². The largest absolute Gasteiger partial charge is 0.356 e. The van der Waals surface area contributed by atoms with Gasteiger partial charge in [0.05, 0.1) is 18.3 Å². The Kier molecular flexibility index (Phi) is 3.91. The second kappa shape index (κ2) is 5.81. The third-order valence-corrected chi connectivity index (χ3v) is 6.80. The SMILES string of the molecule is Cc1nn(PI)c2nc(N3CCC4(CC3)CNC(=O)C4)cnc12. The molecule has 2 aromatic rings. The summed E-state index contributed by atoms with van der Waals surface area (Å²) in [6, 6.07) is 0. The third kappa shape index (κ3) is 2.69. The molecule has 1 atom stereocenters. The summed E-state index contributed by atoms with van der Waals surface area (Å²) in [6.45, 7) is 4.65. The second-order valence-electron chi connectivity index (χ2n) is 6.42. The van der Waals surface area contributed by atoms with Crippen LogP contribution in [0.4, 0.5) is 5.82 Å². The van der Waals surface area contributed by atoms with Crippen LogP contribution < -0.4 is 10.2 Å². The lowest BCUT2D eigenvalue weighted by Crippen LogP contribution is -2.41. The Hall–Kier alpha value is -1.02. The van der Waals surface area contributed by atoms with Crippen LogP contribution in [0.25, 0.3) is 11.2 Å². The molecule has 2 saturated heterocycles. The van der Waals surface area contributed by atoms with E-state index in [1.54, 1.807) is 0 Å². The van der Waals surface area contributed by atoms with Gasteiger partial charge in [0.1, 0.15) is 11.3 Å². The van der Waals surface area contributed by atoms with Crippen molar-refractivity contribution in [3.05, 3.63) is 11.9 Å². The van der Waals surface area contributed by atoms with Crippen LogP contribution in [0.5, 0.6) is 0 Å². The number of aromatic nitrogens is 4. The van der Waals surface area contributed by atoms with Gasteiger partial charge >= 0.3 is 0 Å². The maximum absolute atomic E-state index is 11.5. The molecule has 0 radical (unpaired) electrons. The zero-order chi connectivity index (χ0) is 16.0. The van der Waals surface area contributed by atoms with Crippen molar-refractivity contribution in [3.8, 4) is 0 Å². The maximum atomic E-state index is 11.5. The van der Waals surface area contributed by atoms with E-state index in [1.807, 2.05) is 17.6 Å². The Morgan fingerprint density at radius 1 is 1.39 bits per heavy atom. The Bertz CT molecular complexity index is 770. The predicted octanol–water partition coefficient (Wildman–Crippen LogP) is 2.03. The van der Waals surface area contributed by atoms with Gasteiger partial charge in [0.2, 0.25) is 5.91 Å². The van der Waals surface area contributed by atoms with Gasteiger partial charge in [0, 0.05) is 26.1 Å². The van der Waals surface area contributed by atoms with E-state index in [9.17, 15) is 4.79 Å². The highest BCUT2D eigenvalue weighted by Crippen LogP contribution is 2.38. The minimum atomic E-state index is 0.160. The van der Waals surface area contributed by atoms with Crippen LogP contribution in [0.3, 0.4) is 0 Å². The Morgan fingerprint density at radius 2 is 2.17 bits per heavy atom. The molecule has 0 saturated carbocycles. The summed E-state index contributed by atoms with van der Waals surface area (Å²) in [4.78, 5) is 23.2. The van der Waals surface area contributed by atoms with E-state index in [0.29, 0.717) is 12.8 Å². The fourth-order valence-electron chi connectivity index (χ4n) is 3.54. The molecule has 2 fully saturated rings. The number of piperidine rings is 1. The summed E-state index contributed by atoms with van der Waals surface area (Å²) in [5, 5.41) is 7.47. The molecule has 4 heterocycles. The van der Waals surface area contributed by atoms with Crippen molar-refractivity contribution < 1.29 is 4.79 Å². The predicted molar refractivity (Wildman–Crippen MR) is 99.3 cm³/mol. The Balaban J connectivity index is 1.57. The normalized spacial score (nSPS) is 21.0. The molecule has 1 amide bonds. The quantitative estimate of drug-likeness (QED) is 0.567. The fourth-order valence-corrected chi connectivity index (χ4v) is 4.98. The van der Waals surface area contributed by atoms with E-state index >= 15 is 0 Å². The summed E-state index contributed by atoms with van der Waals surface area (Å²) < 4.78 is 1.92. The smallest absolute Gasteiger partial charge is 0.220 e. The van der Waals surface area contributed by atoms with E-state index < -0.39 is 0 Å². The van der Waals surface area contributed by atoms with Gasteiger partial charge in [-0.25, -0.2) is 14.4 Å². The monoisotopic (exact) mass is 444 g/mol. The van der Waals surface area contributed by atoms with Crippen molar-refractivity contribution in [2.45, 2.75) is 26.2 Å². The van der Waals surface area contributed by atoms with Gasteiger partial charge in [-0.1, -0.05) is 0 Å². The molecule has 2 aliphatic heterocycles. The summed E-state index contributed by atoms with van der Waals surface area (Å²) in [7, 11) is 0. The van der Waals surface area contributed by atoms with Crippen molar-refractivity contribution >= 4 is 51.3 Å². The molecule has 122 valence electrons. The molecule has 1 unspecified atom stereocenters. The van der Waals surface area contributed by atoms with Crippen LogP contribution in [-0.4, -0.2) is 45.1 Å². The lowest BCUT2D eigenvalue weighted by molar-refractivity contribution is -0.119. The Morgan fingerprint density at radius 3 is 2.83 bits per heavy atom. The van der Waals surface area contributed by atoms with Crippen LogP contribution in [0.2, 0.25) is 0 Å². The summed E-state index contributed by atoms with van der Waals surface area (Å²) in [6.07, 6.45) is 5.10. The van der Waals surface area contributed by atoms with Crippen LogP contribution in [0.1, 0.15) is 25.0 Å². The minimum absolute atomic E-state index is 0.160. The number of carbonyl (C=O) groups excluding carboxylic acids is 1. The van der Waals surface area contributed by atoms with E-state index in [2.05, 4.69) is 42.3 Å². The Labute approximate surface area is 148 Å². The maximum Gasteiger partial charge on any atom is 0.220 e. The average Bonchev–Trinajstić information content (AvgIpc) is 3.08. The third-order valence-electron chi connectivity index (χ3n) is 4.96. The lowest BCUT2D eigenvalue weighted by Gasteiger charge is -2.38. The molecule has 23 heavy (non-hydrogen) atoms. The number of halogens is 1. The average molecular weight is 444 g/mol. The fraction of sp³-hybridized carbons (Fsp3) is 0.571. The van der Waals surface area contributed by atoms with E-state index in [0.717, 1.165) is 55.2 Å². The van der Waals surface area contributed by atoms with Crippen LogP contribution in [-0.2, 0) is 4.79 Å². The highest BCUT2D eigenvalue weighted by molar-refractivity contribution is 14.2. The summed E-state index contributed by atoms with van der Waals surface area (Å²) in [5.41, 5.74) is 2.84. The highest BCUT2D eigenvalue weighted by Gasteiger charge is 2.41. The van der Waals surface area contributed by atoms with Gasteiger partial charge in [-0.3, -0.25) is 4.79 Å². The van der Waals surface area contributed by atoms with Crippen LogP contribution in [0.15, 0.2) is 6.20 Å². The first-order valence-corrected chi connectivity index (χ1v) is 11.8. The van der Waals surface area contributed by atoms with E-state index in [4.69, 9.17) is 4.98 Å². The van der Waals surface area contributed by atoms with Crippen molar-refractivity contribution in [1.82, 2.24) is 24.8 Å². The number of nitrogens with one attached hydrogen (secondary N) is 1. The van der Waals surface area contributed by atoms with Gasteiger partial charge in [0.15, 0.2) is 5.65 Å². The van der Waals surface area contributed by atoms with Crippen LogP contribution >= 0.6 is 28.4 Å². The number of aryl methyl sites for hydroxylation is 1. The molecule has 1 spiro atoms. The standard InChI is InChI=1S/C14H18IN6OP/c1-9-12-13(21(19-9)23-15)18-10(7-16-12)20-4-2-14(3-5-20)6-11(22)17-8-14/h7,23H,2-6,8H2,1H3,(H,17,22). The van der Waals surface area contributed by atoms with Gasteiger partial charge in [-0.05, 0) is 47.2 Å². The zero-order valence-electron chi connectivity index (χ0n) is 12.8. The highest BCUT2D eigenvalue weighted by atomic mass is 127. The number of hydrogen-bond donors (Lipinski definition) is 1. The van der Waals surface area contributed by atoms with Crippen molar-refractivity contribution in [2.75, 3.05) is 24.5 Å². The number of rotatable bonds is 2. The number of nitrogens with zero attached hydrogens (tertiary/aromatic N) is 5. The molecule has 1 N–H and O–H groups in total. The molecule has 9 heteroatoms. The van der Waals surface area contributed by atoms with Crippen molar-refractivity contribution in [3.63, 3.8) is 0 Å². The number of hydrogen-bond acceptors (Lipinski definition) is 5. The molecule has 0 aliphatic carbocycles. The molecule has 0 aromatic carbocycles. The van der Waals surface area contributed by atoms with Crippen molar-refractivity contribution in [2.24, 2.45) is 5.41 Å². The molecule has 2 aromatic heterocycles. The van der Waals surface area contributed by atoms with Crippen LogP contribution in [0, 0.1) is 12.3 Å². The lowest BCUT2D eigenvalue weighted by atomic mass is 9.78. The van der Waals surface area contributed by atoms with Crippen molar-refractivity contribution in [1.29, 1.82) is 0 Å². The first kappa shape index (κ1) is 15.5. The molecular formula is C14H18IN6OP. The minimum Gasteiger partial charge on any atom is -0.356 e. The molecule has 7 nitrogen and oxygen atoms in total. The summed E-state index contributed by atoms with van der Waals surface area (Å²) >= 11 is 2.31. The van der Waals surface area contributed by atoms with Gasteiger partial charge in [-0.15, -0.1) is 0 Å². The number of anilines is 1. The van der Waals surface area contributed by atoms with E-state index in [1.165, 1.54) is 0 Å². The molecule has 2 aliphatic rings. The zero-order valence-corrected chi connectivity index (χ0v) is 16.0. The molecule has 4 rings (SSSR count). The number of amides is 1. The topological polar surface area (TPSA) is 75.9 Å². The van der Waals surface area contributed by atoms with Gasteiger partial charge in [0.25, 0.3) is 0 Å². The molecular weight excluding hydrogens is 426 g/mol.